The Hall–Kier alpha value is -2.01. The second-order valence-corrected chi connectivity index (χ2v) is 5.29. The number of aryl methyl sites for hydroxylation is 2. The van der Waals surface area contributed by atoms with E-state index in [1.54, 1.807) is 18.0 Å². The Balaban J connectivity index is 2.41. The number of rotatable bonds is 3. The lowest BCUT2D eigenvalue weighted by molar-refractivity contribution is 0.318. The number of hydrogen-bond donors (Lipinski definition) is 2. The van der Waals surface area contributed by atoms with Crippen molar-refractivity contribution in [3.63, 3.8) is 0 Å². The molecule has 0 spiro atoms. The van der Waals surface area contributed by atoms with Crippen LogP contribution in [0.15, 0.2) is 51.5 Å². The van der Waals surface area contributed by atoms with Crippen LogP contribution in [0.1, 0.15) is 16.8 Å². The van der Waals surface area contributed by atoms with Gasteiger partial charge >= 0.3 is 0 Å². The number of amidine groups is 1. The molecule has 0 saturated heterocycles. The number of nitrogens with two attached hydrogens (primary N) is 1. The minimum absolute atomic E-state index is 0.0217. The number of hydrogen-bond acceptors (Lipinski definition) is 4. The smallest absolute Gasteiger partial charge is 0.189 e. The summed E-state index contributed by atoms with van der Waals surface area (Å²) in [5.41, 5.74) is 8.52. The Labute approximate surface area is 116 Å². The molecule has 0 unspecified atom stereocenters. The molecule has 0 atom stereocenters. The summed E-state index contributed by atoms with van der Waals surface area (Å²) in [7, 11) is 0. The summed E-state index contributed by atoms with van der Waals surface area (Å²) in [6.07, 6.45) is 1.63. The summed E-state index contributed by atoms with van der Waals surface area (Å²) in [5.74, 6) is 0.0217. The van der Waals surface area contributed by atoms with E-state index in [0.717, 1.165) is 9.79 Å². The van der Waals surface area contributed by atoms with Crippen LogP contribution in [0.4, 0.5) is 0 Å². The molecule has 0 aliphatic carbocycles. The molecule has 2 rings (SSSR count). The molecular formula is C14H15N3OS. The molecular weight excluding hydrogens is 258 g/mol. The molecule has 0 fully saturated rings. The van der Waals surface area contributed by atoms with E-state index in [9.17, 15) is 0 Å². The van der Waals surface area contributed by atoms with Gasteiger partial charge in [0.05, 0.1) is 0 Å². The van der Waals surface area contributed by atoms with Gasteiger partial charge in [0.15, 0.2) is 5.84 Å². The maximum absolute atomic E-state index is 8.79. The van der Waals surface area contributed by atoms with Crippen LogP contribution in [0, 0.1) is 13.8 Å². The van der Waals surface area contributed by atoms with Crippen molar-refractivity contribution >= 4 is 17.6 Å². The van der Waals surface area contributed by atoms with Crippen molar-refractivity contribution in [3.8, 4) is 0 Å². The molecule has 0 bridgehead atoms. The van der Waals surface area contributed by atoms with E-state index in [0.29, 0.717) is 5.69 Å². The number of nitrogens with zero attached hydrogens (tertiary/aromatic N) is 2. The van der Waals surface area contributed by atoms with Gasteiger partial charge in [-0.1, -0.05) is 29.1 Å². The predicted molar refractivity (Wildman–Crippen MR) is 76.8 cm³/mol. The first-order valence-corrected chi connectivity index (χ1v) is 6.61. The van der Waals surface area contributed by atoms with E-state index < -0.39 is 0 Å². The number of benzene rings is 1. The lowest BCUT2D eigenvalue weighted by Crippen LogP contribution is -2.16. The molecule has 1 heterocycles. The molecule has 1 aromatic heterocycles. The molecule has 0 aliphatic rings. The summed E-state index contributed by atoms with van der Waals surface area (Å²) in [6, 6.07) is 10.0. The average Bonchev–Trinajstić information content (AvgIpc) is 2.42. The molecule has 4 nitrogen and oxygen atoms in total. The zero-order valence-electron chi connectivity index (χ0n) is 10.8. The number of pyridine rings is 1. The average molecular weight is 273 g/mol. The first-order chi connectivity index (χ1) is 9.11. The molecule has 98 valence electrons. The van der Waals surface area contributed by atoms with Crippen molar-refractivity contribution < 1.29 is 5.21 Å². The van der Waals surface area contributed by atoms with Gasteiger partial charge in [0.2, 0.25) is 0 Å². The van der Waals surface area contributed by atoms with Crippen LogP contribution in [0.3, 0.4) is 0 Å². The third-order valence-corrected chi connectivity index (χ3v) is 3.89. The number of aromatic nitrogens is 1. The highest BCUT2D eigenvalue weighted by molar-refractivity contribution is 7.99. The molecule has 5 heteroatoms. The molecule has 0 aliphatic heterocycles. The second kappa shape index (κ2) is 5.75. The Kier molecular flexibility index (Phi) is 4.06. The van der Waals surface area contributed by atoms with Crippen molar-refractivity contribution in [2.45, 2.75) is 23.6 Å². The zero-order chi connectivity index (χ0) is 13.8. The van der Waals surface area contributed by atoms with E-state index in [1.807, 2.05) is 12.1 Å². The van der Waals surface area contributed by atoms with Gasteiger partial charge in [0.25, 0.3) is 0 Å². The fourth-order valence-corrected chi connectivity index (χ4v) is 2.76. The van der Waals surface area contributed by atoms with Crippen molar-refractivity contribution in [2.24, 2.45) is 10.9 Å². The molecule has 19 heavy (non-hydrogen) atoms. The molecule has 3 N–H and O–H groups in total. The topological polar surface area (TPSA) is 71.5 Å². The SMILES string of the molecule is Cc1ccc(C)c(Sc2cccnc2/C(N)=N/O)c1. The van der Waals surface area contributed by atoms with Gasteiger partial charge in [0.1, 0.15) is 5.69 Å². The lowest BCUT2D eigenvalue weighted by Gasteiger charge is -2.09. The van der Waals surface area contributed by atoms with Gasteiger partial charge in [0, 0.05) is 16.0 Å². The summed E-state index contributed by atoms with van der Waals surface area (Å²) >= 11 is 1.56. The highest BCUT2D eigenvalue weighted by Crippen LogP contribution is 2.32. The summed E-state index contributed by atoms with van der Waals surface area (Å²) < 4.78 is 0. The Morgan fingerprint density at radius 1 is 1.26 bits per heavy atom. The van der Waals surface area contributed by atoms with Gasteiger partial charge in [-0.2, -0.15) is 0 Å². The second-order valence-electron chi connectivity index (χ2n) is 4.21. The first kappa shape index (κ1) is 13.4. The van der Waals surface area contributed by atoms with E-state index in [4.69, 9.17) is 10.9 Å². The van der Waals surface area contributed by atoms with Crippen LogP contribution in [0.2, 0.25) is 0 Å². The van der Waals surface area contributed by atoms with Crippen molar-refractivity contribution in [3.05, 3.63) is 53.3 Å². The van der Waals surface area contributed by atoms with Gasteiger partial charge in [-0.15, -0.1) is 0 Å². The van der Waals surface area contributed by atoms with E-state index in [1.165, 1.54) is 11.1 Å². The molecule has 0 amide bonds. The summed E-state index contributed by atoms with van der Waals surface area (Å²) in [4.78, 5) is 6.17. The van der Waals surface area contributed by atoms with Gasteiger partial charge < -0.3 is 10.9 Å². The maximum Gasteiger partial charge on any atom is 0.189 e. The predicted octanol–water partition coefficient (Wildman–Crippen LogP) is 2.94. The molecule has 0 saturated carbocycles. The van der Waals surface area contributed by atoms with Crippen LogP contribution in [-0.4, -0.2) is 16.0 Å². The quantitative estimate of drug-likeness (QED) is 0.390. The van der Waals surface area contributed by atoms with E-state index in [2.05, 4.69) is 42.2 Å². The largest absolute Gasteiger partial charge is 0.409 e. The monoisotopic (exact) mass is 273 g/mol. The van der Waals surface area contributed by atoms with E-state index in [-0.39, 0.29) is 5.84 Å². The Bertz CT molecular complexity index is 626. The fourth-order valence-electron chi connectivity index (χ4n) is 1.65. The van der Waals surface area contributed by atoms with Crippen molar-refractivity contribution in [1.29, 1.82) is 0 Å². The Morgan fingerprint density at radius 2 is 2.05 bits per heavy atom. The summed E-state index contributed by atoms with van der Waals surface area (Å²) in [6.45, 7) is 4.11. The van der Waals surface area contributed by atoms with Crippen LogP contribution in [0.5, 0.6) is 0 Å². The van der Waals surface area contributed by atoms with Crippen molar-refractivity contribution in [1.82, 2.24) is 4.98 Å². The van der Waals surface area contributed by atoms with Crippen LogP contribution in [0.25, 0.3) is 0 Å². The fraction of sp³-hybridized carbons (Fsp3) is 0.143. The highest BCUT2D eigenvalue weighted by atomic mass is 32.2. The van der Waals surface area contributed by atoms with Crippen molar-refractivity contribution in [2.75, 3.05) is 0 Å². The van der Waals surface area contributed by atoms with Crippen LogP contribution in [-0.2, 0) is 0 Å². The van der Waals surface area contributed by atoms with E-state index >= 15 is 0 Å². The standard InChI is InChI=1S/C14H15N3OS/c1-9-5-6-10(2)12(8-9)19-11-4-3-7-16-13(11)14(15)17-18/h3-8,18H,1-2H3,(H2,15,17). The molecule has 2 aromatic rings. The third kappa shape index (κ3) is 3.06. The highest BCUT2D eigenvalue weighted by Gasteiger charge is 2.10. The lowest BCUT2D eigenvalue weighted by atomic mass is 10.2. The molecule has 0 radical (unpaired) electrons. The zero-order valence-corrected chi connectivity index (χ0v) is 11.6. The number of oxime groups is 1. The molecule has 1 aromatic carbocycles. The normalized spacial score (nSPS) is 11.6. The third-order valence-electron chi connectivity index (χ3n) is 2.68. The van der Waals surface area contributed by atoms with Gasteiger partial charge in [-0.3, -0.25) is 4.98 Å². The minimum Gasteiger partial charge on any atom is -0.409 e. The van der Waals surface area contributed by atoms with Gasteiger partial charge in [-0.05, 0) is 43.2 Å². The van der Waals surface area contributed by atoms with Crippen LogP contribution >= 0.6 is 11.8 Å². The van der Waals surface area contributed by atoms with Crippen LogP contribution < -0.4 is 5.73 Å². The summed E-state index contributed by atoms with van der Waals surface area (Å²) in [5, 5.41) is 11.8. The Morgan fingerprint density at radius 3 is 2.79 bits per heavy atom. The first-order valence-electron chi connectivity index (χ1n) is 5.80. The van der Waals surface area contributed by atoms with Gasteiger partial charge in [-0.25, -0.2) is 0 Å². The minimum atomic E-state index is 0.0217. The maximum atomic E-state index is 8.79.